The number of rotatable bonds is 6. The van der Waals surface area contributed by atoms with Crippen molar-refractivity contribution in [2.75, 3.05) is 6.54 Å². The van der Waals surface area contributed by atoms with Crippen LogP contribution in [0.25, 0.3) is 5.69 Å². The van der Waals surface area contributed by atoms with E-state index in [0.717, 1.165) is 12.1 Å². The molecule has 1 heterocycles. The predicted octanol–water partition coefficient (Wildman–Crippen LogP) is 3.27. The number of nitrogens with one attached hydrogen (secondary N) is 2. The number of guanidine groups is 1. The number of aliphatic imine (C=N–C) groups is 1. The van der Waals surface area contributed by atoms with Crippen molar-refractivity contribution < 1.29 is 4.39 Å². The average molecular weight is 351 g/mol. The van der Waals surface area contributed by atoms with Crippen molar-refractivity contribution in [2.24, 2.45) is 4.99 Å². The minimum Gasteiger partial charge on any atom is -0.357 e. The molecule has 0 spiro atoms. The summed E-state index contributed by atoms with van der Waals surface area (Å²) in [5.41, 5.74) is 2.46. The fourth-order valence-electron chi connectivity index (χ4n) is 2.55. The van der Waals surface area contributed by atoms with Gasteiger partial charge in [0.05, 0.1) is 18.6 Å². The van der Waals surface area contributed by atoms with Crippen molar-refractivity contribution in [1.82, 2.24) is 20.2 Å². The number of hydrogen-bond acceptors (Lipinski definition) is 2. The van der Waals surface area contributed by atoms with Crippen molar-refractivity contribution in [3.8, 4) is 5.69 Å². The normalized spacial score (nSPS) is 11.4. The van der Waals surface area contributed by atoms with Gasteiger partial charge in [0.25, 0.3) is 0 Å². The summed E-state index contributed by atoms with van der Waals surface area (Å²) in [6.45, 7) is 3.85. The third-order valence-corrected chi connectivity index (χ3v) is 3.86. The van der Waals surface area contributed by atoms with Crippen molar-refractivity contribution in [3.63, 3.8) is 0 Å². The quantitative estimate of drug-likeness (QED) is 0.529. The standard InChI is InChI=1S/C20H22FN5/c1-2-23-20(24-13-16-6-4-3-5-7-16)25-14-17-8-9-19(18(21)12-17)26-11-10-22-15-26/h3-12,15H,2,13-14H2,1H3,(H2,23,24,25). The number of nitrogens with zero attached hydrogens (tertiary/aromatic N) is 3. The Balaban J connectivity index is 1.66. The van der Waals surface area contributed by atoms with E-state index in [1.165, 1.54) is 11.6 Å². The maximum atomic E-state index is 14.3. The van der Waals surface area contributed by atoms with Crippen LogP contribution in [0.3, 0.4) is 0 Å². The fourth-order valence-corrected chi connectivity index (χ4v) is 2.55. The number of imidazole rings is 1. The van der Waals surface area contributed by atoms with Crippen LogP contribution in [0, 0.1) is 5.82 Å². The maximum Gasteiger partial charge on any atom is 0.191 e. The van der Waals surface area contributed by atoms with Gasteiger partial charge in [-0.2, -0.15) is 0 Å². The SMILES string of the molecule is CCNC(=NCc1ccc(-n2ccnc2)c(F)c1)NCc1ccccc1. The molecule has 0 atom stereocenters. The van der Waals surface area contributed by atoms with Crippen LogP contribution in [-0.2, 0) is 13.1 Å². The molecule has 0 aliphatic heterocycles. The number of aromatic nitrogens is 2. The summed E-state index contributed by atoms with van der Waals surface area (Å²) in [5.74, 6) is 0.411. The summed E-state index contributed by atoms with van der Waals surface area (Å²) in [5, 5.41) is 6.49. The van der Waals surface area contributed by atoms with Gasteiger partial charge in [-0.1, -0.05) is 36.4 Å². The van der Waals surface area contributed by atoms with Crippen LogP contribution in [0.15, 0.2) is 72.2 Å². The van der Waals surface area contributed by atoms with E-state index in [2.05, 4.69) is 32.7 Å². The Kier molecular flexibility index (Phi) is 5.98. The molecule has 3 rings (SSSR count). The molecule has 0 fully saturated rings. The molecule has 2 N–H and O–H groups in total. The molecule has 0 aliphatic rings. The summed E-state index contributed by atoms with van der Waals surface area (Å²) in [6.07, 6.45) is 4.92. The molecular weight excluding hydrogens is 329 g/mol. The van der Waals surface area contributed by atoms with Gasteiger partial charge in [0.15, 0.2) is 5.96 Å². The molecule has 0 aliphatic carbocycles. The molecule has 26 heavy (non-hydrogen) atoms. The first-order chi connectivity index (χ1) is 12.8. The zero-order valence-corrected chi connectivity index (χ0v) is 14.7. The average Bonchev–Trinajstić information content (AvgIpc) is 3.19. The Labute approximate surface area is 152 Å². The summed E-state index contributed by atoms with van der Waals surface area (Å²) in [6, 6.07) is 15.2. The second kappa shape index (κ2) is 8.80. The van der Waals surface area contributed by atoms with Crippen LogP contribution in [-0.4, -0.2) is 22.1 Å². The van der Waals surface area contributed by atoms with E-state index < -0.39 is 0 Å². The molecule has 2 aromatic carbocycles. The topological polar surface area (TPSA) is 54.2 Å². The highest BCUT2D eigenvalue weighted by molar-refractivity contribution is 5.79. The highest BCUT2D eigenvalue weighted by Crippen LogP contribution is 2.15. The highest BCUT2D eigenvalue weighted by atomic mass is 19.1. The summed E-state index contributed by atoms with van der Waals surface area (Å²) >= 11 is 0. The lowest BCUT2D eigenvalue weighted by atomic mass is 10.2. The molecule has 0 bridgehead atoms. The largest absolute Gasteiger partial charge is 0.357 e. The first-order valence-corrected chi connectivity index (χ1v) is 8.59. The van der Waals surface area contributed by atoms with Crippen molar-refractivity contribution in [2.45, 2.75) is 20.0 Å². The maximum absolute atomic E-state index is 14.3. The van der Waals surface area contributed by atoms with Gasteiger partial charge in [-0.05, 0) is 30.2 Å². The van der Waals surface area contributed by atoms with Gasteiger partial charge >= 0.3 is 0 Å². The van der Waals surface area contributed by atoms with E-state index in [0.29, 0.717) is 24.7 Å². The monoisotopic (exact) mass is 351 g/mol. The minimum atomic E-state index is -0.294. The van der Waals surface area contributed by atoms with Gasteiger partial charge in [0.2, 0.25) is 0 Å². The first kappa shape index (κ1) is 17.7. The highest BCUT2D eigenvalue weighted by Gasteiger charge is 2.05. The zero-order valence-electron chi connectivity index (χ0n) is 14.7. The Morgan fingerprint density at radius 1 is 1.12 bits per heavy atom. The Hall–Kier alpha value is -3.15. The van der Waals surface area contributed by atoms with Crippen molar-refractivity contribution >= 4 is 5.96 Å². The van der Waals surface area contributed by atoms with E-state index in [1.807, 2.05) is 31.2 Å². The van der Waals surface area contributed by atoms with E-state index in [1.54, 1.807) is 29.4 Å². The molecular formula is C20H22FN5. The Bertz CT molecular complexity index is 844. The second-order valence-electron chi connectivity index (χ2n) is 5.79. The van der Waals surface area contributed by atoms with Crippen LogP contribution in [0.2, 0.25) is 0 Å². The third-order valence-electron chi connectivity index (χ3n) is 3.86. The van der Waals surface area contributed by atoms with E-state index >= 15 is 0 Å². The van der Waals surface area contributed by atoms with E-state index in [9.17, 15) is 4.39 Å². The van der Waals surface area contributed by atoms with E-state index in [4.69, 9.17) is 0 Å². The third kappa shape index (κ3) is 4.69. The molecule has 0 radical (unpaired) electrons. The fraction of sp³-hybridized carbons (Fsp3) is 0.200. The molecule has 6 heteroatoms. The van der Waals surface area contributed by atoms with Gasteiger partial charge in [0, 0.05) is 25.5 Å². The van der Waals surface area contributed by atoms with Gasteiger partial charge in [-0.15, -0.1) is 0 Å². The summed E-state index contributed by atoms with van der Waals surface area (Å²) in [7, 11) is 0. The lowest BCUT2D eigenvalue weighted by Gasteiger charge is -2.11. The molecule has 0 amide bonds. The van der Waals surface area contributed by atoms with Crippen LogP contribution in [0.5, 0.6) is 0 Å². The van der Waals surface area contributed by atoms with Gasteiger partial charge in [-0.3, -0.25) is 0 Å². The molecule has 1 aromatic heterocycles. The van der Waals surface area contributed by atoms with Crippen molar-refractivity contribution in [3.05, 3.63) is 84.2 Å². The van der Waals surface area contributed by atoms with Crippen LogP contribution < -0.4 is 10.6 Å². The van der Waals surface area contributed by atoms with Crippen molar-refractivity contribution in [1.29, 1.82) is 0 Å². The lowest BCUT2D eigenvalue weighted by Crippen LogP contribution is -2.36. The van der Waals surface area contributed by atoms with Crippen LogP contribution in [0.1, 0.15) is 18.1 Å². The first-order valence-electron chi connectivity index (χ1n) is 8.59. The molecule has 0 saturated heterocycles. The summed E-state index contributed by atoms with van der Waals surface area (Å²) in [4.78, 5) is 8.49. The molecule has 3 aromatic rings. The summed E-state index contributed by atoms with van der Waals surface area (Å²) < 4.78 is 16.0. The predicted molar refractivity (Wildman–Crippen MR) is 102 cm³/mol. The lowest BCUT2D eigenvalue weighted by molar-refractivity contribution is 0.615. The minimum absolute atomic E-state index is 0.294. The Morgan fingerprint density at radius 3 is 2.65 bits per heavy atom. The molecule has 0 saturated carbocycles. The molecule has 5 nitrogen and oxygen atoms in total. The number of halogens is 1. The smallest absolute Gasteiger partial charge is 0.191 e. The number of hydrogen-bond donors (Lipinski definition) is 2. The second-order valence-corrected chi connectivity index (χ2v) is 5.79. The van der Waals surface area contributed by atoms with Gasteiger partial charge < -0.3 is 15.2 Å². The zero-order chi connectivity index (χ0) is 18.2. The Morgan fingerprint density at radius 2 is 1.96 bits per heavy atom. The van der Waals surface area contributed by atoms with E-state index in [-0.39, 0.29) is 5.82 Å². The van der Waals surface area contributed by atoms with Crippen LogP contribution >= 0.6 is 0 Å². The van der Waals surface area contributed by atoms with Gasteiger partial charge in [-0.25, -0.2) is 14.4 Å². The number of benzene rings is 2. The van der Waals surface area contributed by atoms with Gasteiger partial charge in [0.1, 0.15) is 5.82 Å². The molecule has 0 unspecified atom stereocenters. The van der Waals surface area contributed by atoms with Crippen LogP contribution in [0.4, 0.5) is 4.39 Å². The molecule has 134 valence electrons.